The zero-order valence-corrected chi connectivity index (χ0v) is 10.8. The first-order chi connectivity index (χ1) is 8.43. The molecule has 17 heavy (non-hydrogen) atoms. The number of rotatable bonds is 2. The molecule has 2 aliphatic heterocycles. The van der Waals surface area contributed by atoms with Crippen molar-refractivity contribution in [2.24, 2.45) is 0 Å². The lowest BCUT2D eigenvalue weighted by molar-refractivity contribution is 0.335. The van der Waals surface area contributed by atoms with Gasteiger partial charge in [-0.25, -0.2) is 0 Å². The second-order valence-corrected chi connectivity index (χ2v) is 6.06. The Bertz CT molecular complexity index is 324. The molecule has 2 fully saturated rings. The summed E-state index contributed by atoms with van der Waals surface area (Å²) in [6, 6.07) is 0.317. The third kappa shape index (κ3) is 2.65. The summed E-state index contributed by atoms with van der Waals surface area (Å²) in [7, 11) is 0. The van der Waals surface area contributed by atoms with Crippen LogP contribution in [-0.2, 0) is 0 Å². The second-order valence-electron chi connectivity index (χ2n) is 4.91. The maximum atomic E-state index is 5.44. The molecule has 0 aliphatic carbocycles. The van der Waals surface area contributed by atoms with Gasteiger partial charge in [-0.2, -0.15) is 16.7 Å². The number of hydrogen-bond acceptors (Lipinski definition) is 5. The van der Waals surface area contributed by atoms with Crippen molar-refractivity contribution in [1.29, 1.82) is 0 Å². The van der Waals surface area contributed by atoms with Gasteiger partial charge in [-0.05, 0) is 38.0 Å². The maximum absolute atomic E-state index is 5.44. The van der Waals surface area contributed by atoms with E-state index < -0.39 is 0 Å². The number of aromatic nitrogens is 2. The number of nitrogens with zero attached hydrogens (tertiary/aromatic N) is 2. The van der Waals surface area contributed by atoms with Gasteiger partial charge in [-0.3, -0.25) is 0 Å². The van der Waals surface area contributed by atoms with E-state index >= 15 is 0 Å². The Balaban J connectivity index is 1.68. The minimum Gasteiger partial charge on any atom is -0.339 e. The van der Waals surface area contributed by atoms with Crippen LogP contribution in [0.2, 0.25) is 0 Å². The van der Waals surface area contributed by atoms with Crippen LogP contribution in [0.4, 0.5) is 0 Å². The molecule has 0 aromatic carbocycles. The van der Waals surface area contributed by atoms with Crippen LogP contribution in [0.5, 0.6) is 0 Å². The van der Waals surface area contributed by atoms with Crippen LogP contribution in [0, 0.1) is 0 Å². The summed E-state index contributed by atoms with van der Waals surface area (Å²) in [5.41, 5.74) is 0. The fraction of sp³-hybridized carbons (Fsp3) is 0.833. The standard InChI is InChI=1S/C12H19N3OS/c1-2-6-13-10(5-1)11-14-12(16-15-11)9-4-3-7-17-8-9/h9-10,13H,1-8H2. The van der Waals surface area contributed by atoms with E-state index in [9.17, 15) is 0 Å². The van der Waals surface area contributed by atoms with Crippen LogP contribution < -0.4 is 5.32 Å². The highest BCUT2D eigenvalue weighted by atomic mass is 32.2. The first kappa shape index (κ1) is 11.5. The van der Waals surface area contributed by atoms with Gasteiger partial charge in [0.2, 0.25) is 5.89 Å². The predicted molar refractivity (Wildman–Crippen MR) is 68.2 cm³/mol. The van der Waals surface area contributed by atoms with E-state index in [1.807, 2.05) is 11.8 Å². The molecule has 3 heterocycles. The minimum absolute atomic E-state index is 0.317. The molecule has 1 aromatic heterocycles. The topological polar surface area (TPSA) is 51.0 Å². The van der Waals surface area contributed by atoms with Gasteiger partial charge in [0.1, 0.15) is 0 Å². The summed E-state index contributed by atoms with van der Waals surface area (Å²) in [5.74, 6) is 4.63. The van der Waals surface area contributed by atoms with Crippen LogP contribution in [0.15, 0.2) is 4.52 Å². The van der Waals surface area contributed by atoms with Crippen molar-refractivity contribution in [2.75, 3.05) is 18.1 Å². The minimum atomic E-state index is 0.317. The summed E-state index contributed by atoms with van der Waals surface area (Å²) in [6.07, 6.45) is 6.14. The lowest BCUT2D eigenvalue weighted by Gasteiger charge is -2.20. The van der Waals surface area contributed by atoms with Crippen molar-refractivity contribution < 1.29 is 4.52 Å². The highest BCUT2D eigenvalue weighted by molar-refractivity contribution is 7.99. The molecule has 1 N–H and O–H groups in total. The molecule has 3 rings (SSSR count). The summed E-state index contributed by atoms with van der Waals surface area (Å²) in [4.78, 5) is 4.60. The lowest BCUT2D eigenvalue weighted by atomic mass is 10.0. The molecule has 2 atom stereocenters. The van der Waals surface area contributed by atoms with Gasteiger partial charge in [0, 0.05) is 11.7 Å². The molecule has 94 valence electrons. The first-order valence-electron chi connectivity index (χ1n) is 6.58. The molecule has 4 nitrogen and oxygen atoms in total. The van der Waals surface area contributed by atoms with Crippen LogP contribution in [0.1, 0.15) is 55.8 Å². The smallest absolute Gasteiger partial charge is 0.230 e. The summed E-state index contributed by atoms with van der Waals surface area (Å²) >= 11 is 2.00. The van der Waals surface area contributed by atoms with E-state index in [4.69, 9.17) is 4.52 Å². The van der Waals surface area contributed by atoms with Crippen LogP contribution in [-0.4, -0.2) is 28.2 Å². The second kappa shape index (κ2) is 5.40. The van der Waals surface area contributed by atoms with Crippen molar-refractivity contribution in [2.45, 2.75) is 44.1 Å². The number of thioether (sulfide) groups is 1. The Morgan fingerprint density at radius 1 is 1.24 bits per heavy atom. The zero-order valence-electron chi connectivity index (χ0n) is 10.0. The molecule has 0 radical (unpaired) electrons. The normalized spacial score (nSPS) is 30.4. The zero-order chi connectivity index (χ0) is 11.5. The highest BCUT2D eigenvalue weighted by Gasteiger charge is 2.25. The van der Waals surface area contributed by atoms with Crippen LogP contribution in [0.25, 0.3) is 0 Å². The fourth-order valence-electron chi connectivity index (χ4n) is 2.56. The Labute approximate surface area is 106 Å². The molecule has 0 bridgehead atoms. The van der Waals surface area contributed by atoms with Crippen molar-refractivity contribution >= 4 is 11.8 Å². The first-order valence-corrected chi connectivity index (χ1v) is 7.73. The van der Waals surface area contributed by atoms with Crippen molar-refractivity contribution in [3.63, 3.8) is 0 Å². The summed E-state index contributed by atoms with van der Waals surface area (Å²) in [6.45, 7) is 1.08. The van der Waals surface area contributed by atoms with Crippen LogP contribution in [0.3, 0.4) is 0 Å². The Morgan fingerprint density at radius 2 is 2.24 bits per heavy atom. The molecule has 2 aliphatic rings. The molecule has 2 saturated heterocycles. The molecular formula is C12H19N3OS. The van der Waals surface area contributed by atoms with Gasteiger partial charge in [0.15, 0.2) is 5.82 Å². The number of nitrogens with one attached hydrogen (secondary N) is 1. The van der Waals surface area contributed by atoms with E-state index in [1.165, 1.54) is 31.4 Å². The fourth-order valence-corrected chi connectivity index (χ4v) is 3.69. The van der Waals surface area contributed by atoms with E-state index in [0.29, 0.717) is 12.0 Å². The predicted octanol–water partition coefficient (Wildman–Crippen LogP) is 2.49. The Hall–Kier alpha value is -0.550. The summed E-state index contributed by atoms with van der Waals surface area (Å²) < 4.78 is 5.44. The number of piperidine rings is 1. The molecule has 5 heteroatoms. The number of hydrogen-bond donors (Lipinski definition) is 1. The third-order valence-corrected chi connectivity index (χ3v) is 4.80. The molecule has 1 aromatic rings. The highest BCUT2D eigenvalue weighted by Crippen LogP contribution is 2.31. The Kier molecular flexibility index (Phi) is 3.66. The lowest BCUT2D eigenvalue weighted by Crippen LogP contribution is -2.27. The summed E-state index contributed by atoms with van der Waals surface area (Å²) in [5, 5.41) is 7.62. The Morgan fingerprint density at radius 3 is 3.00 bits per heavy atom. The van der Waals surface area contributed by atoms with E-state index in [2.05, 4.69) is 15.5 Å². The van der Waals surface area contributed by atoms with E-state index in [-0.39, 0.29) is 0 Å². The van der Waals surface area contributed by atoms with Gasteiger partial charge in [-0.1, -0.05) is 11.6 Å². The molecular weight excluding hydrogens is 234 g/mol. The maximum Gasteiger partial charge on any atom is 0.230 e. The van der Waals surface area contributed by atoms with Gasteiger partial charge < -0.3 is 9.84 Å². The van der Waals surface area contributed by atoms with Gasteiger partial charge >= 0.3 is 0 Å². The average molecular weight is 253 g/mol. The molecule has 0 amide bonds. The third-order valence-electron chi connectivity index (χ3n) is 3.59. The van der Waals surface area contributed by atoms with Gasteiger partial charge in [-0.15, -0.1) is 0 Å². The van der Waals surface area contributed by atoms with Crippen LogP contribution >= 0.6 is 11.8 Å². The van der Waals surface area contributed by atoms with Crippen molar-refractivity contribution in [3.05, 3.63) is 11.7 Å². The van der Waals surface area contributed by atoms with Crippen molar-refractivity contribution in [1.82, 2.24) is 15.5 Å². The van der Waals surface area contributed by atoms with Crippen molar-refractivity contribution in [3.8, 4) is 0 Å². The van der Waals surface area contributed by atoms with E-state index in [1.54, 1.807) is 0 Å². The monoisotopic (exact) mass is 253 g/mol. The SMILES string of the molecule is C1CCC(c2noc(C3CCCSC3)n2)NC1. The van der Waals surface area contributed by atoms with E-state index in [0.717, 1.165) is 30.4 Å². The quantitative estimate of drug-likeness (QED) is 0.877. The molecule has 0 saturated carbocycles. The van der Waals surface area contributed by atoms with Gasteiger partial charge in [0.05, 0.1) is 6.04 Å². The van der Waals surface area contributed by atoms with Gasteiger partial charge in [0.25, 0.3) is 0 Å². The molecule has 0 spiro atoms. The average Bonchev–Trinajstić information content (AvgIpc) is 2.90. The largest absolute Gasteiger partial charge is 0.339 e. The molecule has 2 unspecified atom stereocenters.